The molecular formula is C7H9N3O5. The minimum absolute atomic E-state index is 0.0185. The van der Waals surface area contributed by atoms with Crippen molar-refractivity contribution in [3.63, 3.8) is 0 Å². The lowest BCUT2D eigenvalue weighted by Crippen LogP contribution is -2.04. The van der Waals surface area contributed by atoms with Gasteiger partial charge in [-0.3, -0.25) is 0 Å². The van der Waals surface area contributed by atoms with Crippen LogP contribution in [0.15, 0.2) is 17.6 Å². The third kappa shape index (κ3) is 3.46. The number of nitrogen functional groups attached to an aromatic ring is 1. The average Bonchev–Trinajstić information content (AvgIpc) is 2.18. The number of pyridine rings is 1. The first-order chi connectivity index (χ1) is 7.08. The summed E-state index contributed by atoms with van der Waals surface area (Å²) in [7, 11) is 1.35. The molecule has 0 aliphatic heterocycles. The molecule has 0 saturated carbocycles. The number of methoxy groups -OCH3 is 1. The summed E-state index contributed by atoms with van der Waals surface area (Å²) in [6.07, 6.45) is 1.32. The van der Waals surface area contributed by atoms with Crippen LogP contribution in [0.25, 0.3) is 0 Å². The fraction of sp³-hybridized carbons (Fsp3) is 0.143. The number of nitrogens with zero attached hydrogens (tertiary/aromatic N) is 2. The molecule has 0 atom stereocenters. The standard InChI is InChI=1S/C7H8N2O3.HNO2/c1-12-5-4(7(10)11)2-3-9-6(5)8;2-1-3/h2-3H,1H3,(H2,8,9)(H,10,11);(H,2,3). The number of carboxylic acids is 1. The first-order valence-electron chi connectivity index (χ1n) is 3.57. The Morgan fingerprint density at radius 2 is 2.20 bits per heavy atom. The van der Waals surface area contributed by atoms with E-state index in [2.05, 4.69) is 4.98 Å². The zero-order valence-corrected chi connectivity index (χ0v) is 7.75. The van der Waals surface area contributed by atoms with E-state index >= 15 is 0 Å². The third-order valence-electron chi connectivity index (χ3n) is 1.37. The molecule has 0 aliphatic carbocycles. The lowest BCUT2D eigenvalue weighted by atomic mass is 10.2. The summed E-state index contributed by atoms with van der Waals surface area (Å²) in [5, 5.41) is 16.5. The Hall–Kier alpha value is -2.38. The van der Waals surface area contributed by atoms with Crippen molar-refractivity contribution in [3.05, 3.63) is 22.7 Å². The van der Waals surface area contributed by atoms with Gasteiger partial charge in [0.25, 0.3) is 0 Å². The van der Waals surface area contributed by atoms with E-state index in [0.717, 1.165) is 0 Å². The minimum Gasteiger partial charge on any atom is -0.492 e. The van der Waals surface area contributed by atoms with Crippen LogP contribution in [0.1, 0.15) is 10.4 Å². The van der Waals surface area contributed by atoms with Crippen molar-refractivity contribution in [3.8, 4) is 5.75 Å². The van der Waals surface area contributed by atoms with Crippen molar-refractivity contribution in [1.82, 2.24) is 4.98 Å². The second kappa shape index (κ2) is 6.13. The van der Waals surface area contributed by atoms with Gasteiger partial charge in [0.15, 0.2) is 16.9 Å². The minimum atomic E-state index is -1.08. The molecule has 4 N–H and O–H groups in total. The molecule has 0 bridgehead atoms. The summed E-state index contributed by atoms with van der Waals surface area (Å²) in [6.45, 7) is 0. The van der Waals surface area contributed by atoms with E-state index in [9.17, 15) is 4.79 Å². The smallest absolute Gasteiger partial charge is 0.339 e. The first-order valence-corrected chi connectivity index (χ1v) is 3.57. The topological polar surface area (TPSA) is 135 Å². The van der Waals surface area contributed by atoms with Gasteiger partial charge in [-0.05, 0) is 6.07 Å². The number of aromatic carboxylic acids is 1. The molecule has 0 amide bonds. The Morgan fingerprint density at radius 1 is 1.67 bits per heavy atom. The van der Waals surface area contributed by atoms with Crippen LogP contribution < -0.4 is 10.5 Å². The highest BCUT2D eigenvalue weighted by atomic mass is 16.6. The first kappa shape index (κ1) is 12.6. The molecular weight excluding hydrogens is 206 g/mol. The number of aromatic nitrogens is 1. The Labute approximate surface area is 84.2 Å². The number of anilines is 1. The molecule has 8 heteroatoms. The number of carboxylic acid groups (broad SMARTS) is 1. The van der Waals surface area contributed by atoms with Gasteiger partial charge in [0.1, 0.15) is 5.56 Å². The summed E-state index contributed by atoms with van der Waals surface area (Å²) in [5.74, 6) is -0.900. The highest BCUT2D eigenvalue weighted by Crippen LogP contribution is 2.22. The second-order valence-electron chi connectivity index (χ2n) is 2.16. The molecule has 8 nitrogen and oxygen atoms in total. The summed E-state index contributed by atoms with van der Waals surface area (Å²) in [6, 6.07) is 1.33. The van der Waals surface area contributed by atoms with E-state index in [-0.39, 0.29) is 17.1 Å². The number of carbonyl (C=O) groups is 1. The van der Waals surface area contributed by atoms with Gasteiger partial charge in [0.2, 0.25) is 0 Å². The maximum atomic E-state index is 10.6. The number of hydrogen-bond donors (Lipinski definition) is 3. The SMILES string of the molecule is COc1c(C(=O)O)ccnc1N.O=NO. The van der Waals surface area contributed by atoms with Crippen LogP contribution in [0.2, 0.25) is 0 Å². The molecule has 0 spiro atoms. The van der Waals surface area contributed by atoms with Gasteiger partial charge >= 0.3 is 5.97 Å². The van der Waals surface area contributed by atoms with Crippen LogP contribution in [-0.2, 0) is 0 Å². The fourth-order valence-corrected chi connectivity index (χ4v) is 0.847. The Bertz CT molecular complexity index is 354. The summed E-state index contributed by atoms with van der Waals surface area (Å²) < 4.78 is 4.77. The third-order valence-corrected chi connectivity index (χ3v) is 1.37. The molecule has 1 aromatic rings. The predicted molar refractivity (Wildman–Crippen MR) is 49.7 cm³/mol. The van der Waals surface area contributed by atoms with Crippen LogP contribution in [0.5, 0.6) is 5.75 Å². The van der Waals surface area contributed by atoms with Crippen molar-refractivity contribution >= 4 is 11.8 Å². The maximum Gasteiger partial charge on any atom is 0.339 e. The normalized spacial score (nSPS) is 8.33. The lowest BCUT2D eigenvalue weighted by Gasteiger charge is -2.05. The van der Waals surface area contributed by atoms with Crippen molar-refractivity contribution in [2.75, 3.05) is 12.8 Å². The van der Waals surface area contributed by atoms with Crippen LogP contribution >= 0.6 is 0 Å². The van der Waals surface area contributed by atoms with E-state index in [1.165, 1.54) is 24.7 Å². The molecule has 0 saturated heterocycles. The van der Waals surface area contributed by atoms with E-state index < -0.39 is 5.97 Å². The fourth-order valence-electron chi connectivity index (χ4n) is 0.847. The van der Waals surface area contributed by atoms with Crippen LogP contribution in [0.3, 0.4) is 0 Å². The zero-order chi connectivity index (χ0) is 11.8. The van der Waals surface area contributed by atoms with Gasteiger partial charge in [-0.1, -0.05) is 0 Å². The zero-order valence-electron chi connectivity index (χ0n) is 7.75. The maximum absolute atomic E-state index is 10.6. The number of rotatable bonds is 2. The van der Waals surface area contributed by atoms with Crippen LogP contribution in [-0.4, -0.2) is 28.4 Å². The highest BCUT2D eigenvalue weighted by molar-refractivity contribution is 5.92. The quantitative estimate of drug-likeness (QED) is 0.483. The Morgan fingerprint density at radius 3 is 2.53 bits per heavy atom. The molecule has 15 heavy (non-hydrogen) atoms. The van der Waals surface area contributed by atoms with Crippen LogP contribution in [0, 0.1) is 4.91 Å². The number of nitrogens with two attached hydrogens (primary N) is 1. The van der Waals surface area contributed by atoms with E-state index in [4.69, 9.17) is 25.7 Å². The highest BCUT2D eigenvalue weighted by Gasteiger charge is 2.13. The van der Waals surface area contributed by atoms with E-state index in [1.807, 2.05) is 0 Å². The number of ether oxygens (including phenoxy) is 1. The van der Waals surface area contributed by atoms with E-state index in [1.54, 1.807) is 0 Å². The lowest BCUT2D eigenvalue weighted by molar-refractivity contribution is 0.0693. The molecule has 0 aromatic carbocycles. The van der Waals surface area contributed by atoms with Gasteiger partial charge in [-0.2, -0.15) is 0 Å². The Kier molecular flexibility index (Phi) is 5.16. The Balaban J connectivity index is 0.000000583. The monoisotopic (exact) mass is 215 g/mol. The van der Waals surface area contributed by atoms with Crippen molar-refractivity contribution in [2.45, 2.75) is 0 Å². The van der Waals surface area contributed by atoms with Gasteiger partial charge < -0.3 is 20.8 Å². The molecule has 0 unspecified atom stereocenters. The molecule has 1 rings (SSSR count). The molecule has 1 aromatic heterocycles. The molecule has 1 heterocycles. The molecule has 82 valence electrons. The van der Waals surface area contributed by atoms with Gasteiger partial charge in [0.05, 0.1) is 7.11 Å². The van der Waals surface area contributed by atoms with Gasteiger partial charge in [0, 0.05) is 6.20 Å². The predicted octanol–water partition coefficient (Wildman–Crippen LogP) is 0.513. The van der Waals surface area contributed by atoms with Crippen molar-refractivity contribution < 1.29 is 19.8 Å². The molecule has 0 aliphatic rings. The number of hydrogen-bond acceptors (Lipinski definition) is 6. The van der Waals surface area contributed by atoms with Crippen molar-refractivity contribution in [2.24, 2.45) is 5.34 Å². The van der Waals surface area contributed by atoms with Gasteiger partial charge in [-0.25, -0.2) is 9.78 Å². The van der Waals surface area contributed by atoms with Crippen LogP contribution in [0.4, 0.5) is 5.82 Å². The average molecular weight is 215 g/mol. The largest absolute Gasteiger partial charge is 0.492 e. The van der Waals surface area contributed by atoms with Gasteiger partial charge in [-0.15, -0.1) is 4.91 Å². The summed E-state index contributed by atoms with van der Waals surface area (Å²) in [4.78, 5) is 22.4. The second-order valence-corrected chi connectivity index (χ2v) is 2.16. The molecule has 0 fully saturated rings. The van der Waals surface area contributed by atoms with Crippen molar-refractivity contribution in [1.29, 1.82) is 0 Å². The summed E-state index contributed by atoms with van der Waals surface area (Å²) >= 11 is 0. The summed E-state index contributed by atoms with van der Waals surface area (Å²) in [5.41, 5.74) is 5.39. The molecule has 0 radical (unpaired) electrons. The van der Waals surface area contributed by atoms with E-state index in [0.29, 0.717) is 0 Å².